The molecule has 1 aromatic rings. The highest BCUT2D eigenvalue weighted by atomic mass is 31.2. The van der Waals surface area contributed by atoms with Crippen molar-refractivity contribution in [3.05, 3.63) is 23.8 Å². The maximum absolute atomic E-state index is 11.5. The third kappa shape index (κ3) is 6.95. The molecule has 0 saturated carbocycles. The minimum Gasteiger partial charge on any atom is -0.504 e. The molecule has 0 bridgehead atoms. The summed E-state index contributed by atoms with van der Waals surface area (Å²) in [6, 6.07) is 2.61. The van der Waals surface area contributed by atoms with E-state index < -0.39 is 37.6 Å². The lowest BCUT2D eigenvalue weighted by Crippen LogP contribution is -2.47. The van der Waals surface area contributed by atoms with Gasteiger partial charge in [-0.05, 0) is 31.2 Å². The van der Waals surface area contributed by atoms with E-state index in [0.29, 0.717) is 5.56 Å². The predicted molar refractivity (Wildman–Crippen MR) is 78.6 cm³/mol. The Morgan fingerprint density at radius 3 is 2.48 bits per heavy atom. The van der Waals surface area contributed by atoms with Crippen LogP contribution in [0.15, 0.2) is 18.2 Å². The summed E-state index contributed by atoms with van der Waals surface area (Å²) in [6.07, 6.45) is -1.86. The highest BCUT2D eigenvalue weighted by molar-refractivity contribution is 7.46. The van der Waals surface area contributed by atoms with Crippen LogP contribution in [0.5, 0.6) is 11.5 Å². The van der Waals surface area contributed by atoms with Crippen LogP contribution in [-0.2, 0) is 15.8 Å². The molecule has 0 aliphatic rings. The van der Waals surface area contributed by atoms with Crippen LogP contribution in [-0.4, -0.2) is 56.9 Å². The van der Waals surface area contributed by atoms with Gasteiger partial charge in [0.15, 0.2) is 17.8 Å². The lowest BCUT2D eigenvalue weighted by atomic mass is 10.0. The molecule has 1 rings (SSSR count). The van der Waals surface area contributed by atoms with Gasteiger partial charge in [-0.1, -0.05) is 6.07 Å². The third-order valence-corrected chi connectivity index (χ3v) is 3.17. The molecule has 0 unspecified atom stereocenters. The zero-order chi connectivity index (χ0) is 17.6. The number of aromatic hydroxyl groups is 1. The highest BCUT2D eigenvalue weighted by Crippen LogP contribution is 2.41. The van der Waals surface area contributed by atoms with E-state index in [-0.39, 0.29) is 13.0 Å². The number of hydrogen-bond donors (Lipinski definition) is 7. The molecule has 0 spiro atoms. The lowest BCUT2D eigenvalue weighted by Gasteiger charge is -2.21. The number of benzene rings is 1. The third-order valence-electron chi connectivity index (χ3n) is 2.74. The van der Waals surface area contributed by atoms with Crippen molar-refractivity contribution < 1.29 is 39.0 Å². The average Bonchev–Trinajstić information content (AvgIpc) is 2.40. The van der Waals surface area contributed by atoms with Crippen LogP contribution in [0.1, 0.15) is 5.56 Å². The molecule has 1 atom stereocenters. The Morgan fingerprint density at radius 2 is 2.00 bits per heavy atom. The van der Waals surface area contributed by atoms with Gasteiger partial charge in [-0.3, -0.25) is 14.6 Å². The van der Waals surface area contributed by atoms with Crippen LogP contribution in [0, 0.1) is 0 Å². The fourth-order valence-electron chi connectivity index (χ4n) is 1.80. The monoisotopic (exact) mass is 350 g/mol. The van der Waals surface area contributed by atoms with E-state index in [2.05, 4.69) is 15.2 Å². The first-order chi connectivity index (χ1) is 10.6. The molecule has 0 aliphatic heterocycles. The van der Waals surface area contributed by atoms with E-state index in [0.717, 1.165) is 12.1 Å². The smallest absolute Gasteiger partial charge is 0.504 e. The molecule has 0 heterocycles. The topological polar surface area (TPSA) is 169 Å². The van der Waals surface area contributed by atoms with Crippen molar-refractivity contribution >= 4 is 13.7 Å². The van der Waals surface area contributed by atoms with Crippen LogP contribution >= 0.6 is 7.82 Å². The summed E-state index contributed by atoms with van der Waals surface area (Å²) in [5.41, 5.74) is 0.392. The van der Waals surface area contributed by atoms with Crippen molar-refractivity contribution in [2.45, 2.75) is 18.8 Å². The van der Waals surface area contributed by atoms with E-state index in [9.17, 15) is 24.7 Å². The molecule has 23 heavy (non-hydrogen) atoms. The predicted octanol–water partition coefficient (Wildman–Crippen LogP) is -1.58. The number of carbonyl (C=O) groups excluding carboxylic acids is 1. The number of hydrogen-bond acceptors (Lipinski definition) is 7. The minimum absolute atomic E-state index is 0.0104. The van der Waals surface area contributed by atoms with Gasteiger partial charge >= 0.3 is 7.82 Å². The summed E-state index contributed by atoms with van der Waals surface area (Å²) in [5.74, 6) is -1.39. The maximum Gasteiger partial charge on any atom is 0.524 e. The second-order valence-electron chi connectivity index (χ2n) is 4.71. The van der Waals surface area contributed by atoms with Gasteiger partial charge < -0.3 is 30.5 Å². The quantitative estimate of drug-likeness (QED) is 0.216. The Hall–Kier alpha value is -1.68. The number of carbonyl (C=O) groups is 1. The molecule has 1 amide bonds. The van der Waals surface area contributed by atoms with Gasteiger partial charge in [0, 0.05) is 0 Å². The van der Waals surface area contributed by atoms with Gasteiger partial charge in [-0.25, -0.2) is 4.57 Å². The van der Waals surface area contributed by atoms with Gasteiger partial charge in [0.25, 0.3) is 0 Å². The summed E-state index contributed by atoms with van der Waals surface area (Å²) in [6.45, 7) is -0.0104. The molecule has 0 aliphatic carbocycles. The van der Waals surface area contributed by atoms with Crippen LogP contribution in [0.25, 0.3) is 0 Å². The number of rotatable bonds is 8. The first kappa shape index (κ1) is 19.4. The molecule has 11 heteroatoms. The van der Waals surface area contributed by atoms with E-state index in [1.165, 1.54) is 6.07 Å². The number of phenols is 1. The highest BCUT2D eigenvalue weighted by Gasteiger charge is 2.22. The van der Waals surface area contributed by atoms with Crippen LogP contribution in [0.4, 0.5) is 0 Å². The van der Waals surface area contributed by atoms with E-state index in [1.54, 1.807) is 7.05 Å². The molecule has 0 saturated heterocycles. The molecule has 0 aromatic heterocycles. The number of amides is 1. The zero-order valence-electron chi connectivity index (χ0n) is 12.2. The van der Waals surface area contributed by atoms with Crippen molar-refractivity contribution in [3.63, 3.8) is 0 Å². The number of phenolic OH excluding ortho intramolecular Hbond substituents is 1. The Bertz CT molecular complexity index is 588. The van der Waals surface area contributed by atoms with Gasteiger partial charge in [0.05, 0.1) is 12.6 Å². The van der Waals surface area contributed by atoms with Gasteiger partial charge in [-0.15, -0.1) is 0 Å². The van der Waals surface area contributed by atoms with Gasteiger partial charge in [0.2, 0.25) is 5.91 Å². The number of likely N-dealkylation sites (N-methyl/N-ethyl adjacent to an activating group) is 1. The van der Waals surface area contributed by atoms with Crippen molar-refractivity contribution in [1.29, 1.82) is 0 Å². The number of aliphatic hydroxyl groups excluding tert-OH is 1. The summed E-state index contributed by atoms with van der Waals surface area (Å²) in [4.78, 5) is 28.9. The van der Waals surface area contributed by atoms with E-state index in [1.807, 2.05) is 0 Å². The molecule has 0 fully saturated rings. The first-order valence-corrected chi connectivity index (χ1v) is 8.02. The van der Waals surface area contributed by atoms with Gasteiger partial charge in [0.1, 0.15) is 0 Å². The fraction of sp³-hybridized carbons (Fsp3) is 0.417. The van der Waals surface area contributed by atoms with E-state index in [4.69, 9.17) is 9.79 Å². The van der Waals surface area contributed by atoms with Crippen molar-refractivity contribution in [1.82, 2.24) is 10.6 Å². The molecule has 0 radical (unpaired) electrons. The largest absolute Gasteiger partial charge is 0.524 e. The zero-order valence-corrected chi connectivity index (χ0v) is 13.1. The summed E-state index contributed by atoms with van der Waals surface area (Å²) in [5, 5.41) is 33.3. The normalized spacial score (nSPS) is 13.0. The number of aliphatic hydroxyl groups is 2. The maximum atomic E-state index is 11.5. The second-order valence-corrected chi connectivity index (χ2v) is 5.87. The van der Waals surface area contributed by atoms with Gasteiger partial charge in [-0.2, -0.15) is 0 Å². The summed E-state index contributed by atoms with van der Waals surface area (Å²) in [7, 11) is -3.25. The Balaban J connectivity index is 2.83. The number of nitrogens with one attached hydrogen (secondary N) is 2. The summed E-state index contributed by atoms with van der Waals surface area (Å²) >= 11 is 0. The SMILES string of the molecule is CNCC(=O)N[C@@H](Cc1ccc(OP(=O)(O)O)c(O)c1)C(O)O. The molecular formula is C12H19N2O8P. The Labute approximate surface area is 132 Å². The summed E-state index contributed by atoms with van der Waals surface area (Å²) < 4.78 is 15.0. The molecule has 1 aromatic carbocycles. The Kier molecular flexibility index (Phi) is 6.95. The average molecular weight is 350 g/mol. The van der Waals surface area contributed by atoms with Crippen LogP contribution in [0.2, 0.25) is 0 Å². The van der Waals surface area contributed by atoms with Crippen LogP contribution in [0.3, 0.4) is 0 Å². The molecule has 10 nitrogen and oxygen atoms in total. The van der Waals surface area contributed by atoms with Crippen molar-refractivity contribution in [2.75, 3.05) is 13.6 Å². The first-order valence-electron chi connectivity index (χ1n) is 6.49. The van der Waals surface area contributed by atoms with E-state index >= 15 is 0 Å². The number of phosphoric acid groups is 1. The van der Waals surface area contributed by atoms with Crippen molar-refractivity contribution in [3.8, 4) is 11.5 Å². The molecule has 7 N–H and O–H groups in total. The molecular weight excluding hydrogens is 331 g/mol. The number of phosphoric ester groups is 1. The van der Waals surface area contributed by atoms with Crippen LogP contribution < -0.4 is 15.2 Å². The van der Waals surface area contributed by atoms with Crippen molar-refractivity contribution in [2.24, 2.45) is 0 Å². The second kappa shape index (κ2) is 8.25. The fourth-order valence-corrected chi connectivity index (χ4v) is 2.21. The Morgan fingerprint density at radius 1 is 1.35 bits per heavy atom. The standard InChI is InChI=1S/C12H19N2O8P/c1-13-6-11(16)14-8(12(17)18)4-7-2-3-10(9(15)5-7)22-23(19,20)21/h2-3,5,8,12-13,15,17-18H,4,6H2,1H3,(H,14,16)(H2,19,20,21)/t8-/m0/s1. The lowest BCUT2D eigenvalue weighted by molar-refractivity contribution is -0.125. The minimum atomic E-state index is -4.80. The molecule has 130 valence electrons.